The van der Waals surface area contributed by atoms with Crippen molar-refractivity contribution in [2.24, 2.45) is 0 Å². The van der Waals surface area contributed by atoms with E-state index < -0.39 is 0 Å². The molecule has 2 aromatic carbocycles. The van der Waals surface area contributed by atoms with Gasteiger partial charge in [0.05, 0.1) is 17.9 Å². The van der Waals surface area contributed by atoms with Crippen molar-refractivity contribution in [3.63, 3.8) is 0 Å². The van der Waals surface area contributed by atoms with E-state index in [1.54, 1.807) is 0 Å². The van der Waals surface area contributed by atoms with Gasteiger partial charge < -0.3 is 9.64 Å². The van der Waals surface area contributed by atoms with E-state index in [2.05, 4.69) is 49.1 Å². The van der Waals surface area contributed by atoms with Gasteiger partial charge in [-0.05, 0) is 31.5 Å². The van der Waals surface area contributed by atoms with E-state index in [0.717, 1.165) is 52.5 Å². The van der Waals surface area contributed by atoms with Crippen molar-refractivity contribution in [3.8, 4) is 11.4 Å². The fourth-order valence-corrected chi connectivity index (χ4v) is 4.67. The van der Waals surface area contributed by atoms with Crippen LogP contribution in [0.1, 0.15) is 25.1 Å². The number of thioether (sulfide) groups is 1. The van der Waals surface area contributed by atoms with E-state index in [4.69, 9.17) is 26.3 Å². The van der Waals surface area contributed by atoms with Gasteiger partial charge in [-0.3, -0.25) is 0 Å². The number of nitrogens with zero attached hydrogens (tertiary/aromatic N) is 3. The molecule has 30 heavy (non-hydrogen) atoms. The summed E-state index contributed by atoms with van der Waals surface area (Å²) < 4.78 is 5.91. The Balaban J connectivity index is 1.56. The Hall–Kier alpha value is -2.08. The Kier molecular flexibility index (Phi) is 6.93. The second-order valence-electron chi connectivity index (χ2n) is 7.69. The maximum Gasteiger partial charge on any atom is 0.161 e. The molecular formula is C24H26ClN3OS. The van der Waals surface area contributed by atoms with Crippen LogP contribution < -0.4 is 4.90 Å². The zero-order valence-electron chi connectivity index (χ0n) is 17.3. The molecule has 0 radical (unpaired) electrons. The molecule has 1 saturated heterocycles. The van der Waals surface area contributed by atoms with Gasteiger partial charge in [0, 0.05) is 41.2 Å². The predicted molar refractivity (Wildman–Crippen MR) is 126 cm³/mol. The van der Waals surface area contributed by atoms with Crippen molar-refractivity contribution in [1.29, 1.82) is 0 Å². The molecule has 2 atom stereocenters. The minimum absolute atomic E-state index is 0.187. The summed E-state index contributed by atoms with van der Waals surface area (Å²) in [6.45, 7) is 5.91. The van der Waals surface area contributed by atoms with Crippen LogP contribution in [0.4, 0.5) is 5.82 Å². The number of morpholine rings is 1. The monoisotopic (exact) mass is 439 g/mol. The average molecular weight is 440 g/mol. The first-order chi connectivity index (χ1) is 14.6. The zero-order chi connectivity index (χ0) is 20.9. The molecule has 0 unspecified atom stereocenters. The van der Waals surface area contributed by atoms with Crippen molar-refractivity contribution in [2.75, 3.05) is 18.0 Å². The fourth-order valence-electron chi connectivity index (χ4n) is 3.65. The molecule has 1 fully saturated rings. The molecule has 1 aliphatic heterocycles. The van der Waals surface area contributed by atoms with E-state index >= 15 is 0 Å². The molecule has 1 aliphatic rings. The van der Waals surface area contributed by atoms with Crippen molar-refractivity contribution in [3.05, 3.63) is 76.9 Å². The lowest BCUT2D eigenvalue weighted by Crippen LogP contribution is -2.46. The lowest BCUT2D eigenvalue weighted by molar-refractivity contribution is -0.00546. The zero-order valence-corrected chi connectivity index (χ0v) is 18.9. The van der Waals surface area contributed by atoms with Crippen molar-refractivity contribution in [2.45, 2.75) is 37.6 Å². The van der Waals surface area contributed by atoms with Crippen LogP contribution in [0, 0.1) is 0 Å². The van der Waals surface area contributed by atoms with Gasteiger partial charge in [0.1, 0.15) is 5.82 Å². The average Bonchev–Trinajstić information content (AvgIpc) is 2.75. The third-order valence-electron chi connectivity index (χ3n) is 4.97. The van der Waals surface area contributed by atoms with Gasteiger partial charge in [-0.15, -0.1) is 0 Å². The maximum atomic E-state index is 5.99. The summed E-state index contributed by atoms with van der Waals surface area (Å²) in [7, 11) is 0. The van der Waals surface area contributed by atoms with Crippen molar-refractivity contribution >= 4 is 29.2 Å². The number of anilines is 1. The van der Waals surface area contributed by atoms with Gasteiger partial charge in [0.2, 0.25) is 0 Å². The summed E-state index contributed by atoms with van der Waals surface area (Å²) in [5.41, 5.74) is 3.35. The standard InChI is InChI=1S/C24H26ClN3OS/c1-17-13-28(14-18(2)29-17)23-12-22(16-30-15-19-8-10-21(25)11-9-19)26-24(27-23)20-6-4-3-5-7-20/h3-12,17-18H,13-16H2,1-2H3/t17-,18-/m0/s1. The molecule has 0 amide bonds. The van der Waals surface area contributed by atoms with E-state index in [1.807, 2.05) is 42.1 Å². The van der Waals surface area contributed by atoms with Crippen LogP contribution in [-0.2, 0) is 16.2 Å². The van der Waals surface area contributed by atoms with Gasteiger partial charge in [-0.25, -0.2) is 9.97 Å². The molecule has 3 aromatic rings. The fraction of sp³-hybridized carbons (Fsp3) is 0.333. The van der Waals surface area contributed by atoms with E-state index in [1.165, 1.54) is 5.56 Å². The number of aromatic nitrogens is 2. The highest BCUT2D eigenvalue weighted by atomic mass is 35.5. The summed E-state index contributed by atoms with van der Waals surface area (Å²) in [4.78, 5) is 12.1. The first-order valence-electron chi connectivity index (χ1n) is 10.2. The van der Waals surface area contributed by atoms with Gasteiger partial charge in [-0.1, -0.05) is 54.1 Å². The number of hydrogen-bond donors (Lipinski definition) is 0. The number of ether oxygens (including phenoxy) is 1. The van der Waals surface area contributed by atoms with E-state index in [0.29, 0.717) is 0 Å². The molecule has 0 saturated carbocycles. The van der Waals surface area contributed by atoms with Crippen LogP contribution in [0.2, 0.25) is 5.02 Å². The molecule has 0 spiro atoms. The van der Waals surface area contributed by atoms with Crippen LogP contribution in [0.15, 0.2) is 60.7 Å². The highest BCUT2D eigenvalue weighted by Gasteiger charge is 2.24. The van der Waals surface area contributed by atoms with Crippen LogP contribution >= 0.6 is 23.4 Å². The lowest BCUT2D eigenvalue weighted by Gasteiger charge is -2.36. The van der Waals surface area contributed by atoms with Crippen LogP contribution in [0.25, 0.3) is 11.4 Å². The number of rotatable bonds is 6. The number of benzene rings is 2. The first kappa shape index (κ1) is 21.2. The highest BCUT2D eigenvalue weighted by Crippen LogP contribution is 2.26. The van der Waals surface area contributed by atoms with Crippen molar-refractivity contribution in [1.82, 2.24) is 9.97 Å². The Morgan fingerprint density at radius 1 is 0.967 bits per heavy atom. The second kappa shape index (κ2) is 9.82. The normalized spacial score (nSPS) is 19.1. The summed E-state index contributed by atoms with van der Waals surface area (Å²) >= 11 is 7.84. The molecule has 1 aromatic heterocycles. The third kappa shape index (κ3) is 5.54. The van der Waals surface area contributed by atoms with E-state index in [-0.39, 0.29) is 12.2 Å². The highest BCUT2D eigenvalue weighted by molar-refractivity contribution is 7.97. The minimum atomic E-state index is 0.187. The maximum absolute atomic E-state index is 5.99. The van der Waals surface area contributed by atoms with Crippen molar-refractivity contribution < 1.29 is 4.74 Å². The SMILES string of the molecule is C[C@H]1CN(c2cc(CSCc3ccc(Cl)cc3)nc(-c3ccccc3)n2)C[C@H](C)O1. The number of halogens is 1. The Morgan fingerprint density at radius 3 is 2.37 bits per heavy atom. The lowest BCUT2D eigenvalue weighted by atomic mass is 10.2. The molecule has 4 rings (SSSR count). The predicted octanol–water partition coefficient (Wildman–Crippen LogP) is 5.84. The van der Waals surface area contributed by atoms with Crippen LogP contribution in [0.3, 0.4) is 0 Å². The van der Waals surface area contributed by atoms with Gasteiger partial charge >= 0.3 is 0 Å². The Morgan fingerprint density at radius 2 is 1.67 bits per heavy atom. The molecule has 0 N–H and O–H groups in total. The largest absolute Gasteiger partial charge is 0.372 e. The molecular weight excluding hydrogens is 414 g/mol. The number of hydrogen-bond acceptors (Lipinski definition) is 5. The summed E-state index contributed by atoms with van der Waals surface area (Å²) in [5, 5.41) is 0.769. The Labute approximate surface area is 187 Å². The third-order valence-corrected chi connectivity index (χ3v) is 6.26. The van der Waals surface area contributed by atoms with E-state index in [9.17, 15) is 0 Å². The molecule has 156 valence electrons. The molecule has 4 nitrogen and oxygen atoms in total. The van der Waals surface area contributed by atoms with Crippen LogP contribution in [-0.4, -0.2) is 35.3 Å². The smallest absolute Gasteiger partial charge is 0.161 e. The molecule has 2 heterocycles. The Bertz CT molecular complexity index is 958. The summed E-state index contributed by atoms with van der Waals surface area (Å²) in [6.07, 6.45) is 0.373. The molecule has 0 aliphatic carbocycles. The molecule has 0 bridgehead atoms. The quantitative estimate of drug-likeness (QED) is 0.482. The molecule has 6 heteroatoms. The summed E-state index contributed by atoms with van der Waals surface area (Å²) in [6, 6.07) is 20.4. The van der Waals surface area contributed by atoms with Gasteiger partial charge in [0.15, 0.2) is 5.82 Å². The van der Waals surface area contributed by atoms with Crippen LogP contribution in [0.5, 0.6) is 0 Å². The van der Waals surface area contributed by atoms with Gasteiger partial charge in [-0.2, -0.15) is 11.8 Å². The van der Waals surface area contributed by atoms with Gasteiger partial charge in [0.25, 0.3) is 0 Å². The topological polar surface area (TPSA) is 38.2 Å². The summed E-state index contributed by atoms with van der Waals surface area (Å²) in [5.74, 6) is 3.51. The first-order valence-corrected chi connectivity index (χ1v) is 11.8. The second-order valence-corrected chi connectivity index (χ2v) is 9.11. The minimum Gasteiger partial charge on any atom is -0.372 e.